The monoisotopic (exact) mass is 253 g/mol. The van der Waals surface area contributed by atoms with Gasteiger partial charge in [0.2, 0.25) is 5.88 Å². The smallest absolute Gasteiger partial charge is 0.262 e. The summed E-state index contributed by atoms with van der Waals surface area (Å²) in [6, 6.07) is 6.99. The molecule has 0 spiro atoms. The lowest BCUT2D eigenvalue weighted by Crippen LogP contribution is -2.14. The van der Waals surface area contributed by atoms with E-state index in [-0.39, 0.29) is 17.4 Å². The SMILES string of the molecule is C#Cc1cccc(NC(=O)c2cncnc2OC)c1. The standard InChI is InChI=1S/C14H11N3O2/c1-3-10-5-4-6-11(7-10)17-13(18)12-8-15-9-16-14(12)19-2/h1,4-9H,2H3,(H,17,18). The molecule has 94 valence electrons. The Morgan fingerprint density at radius 2 is 2.32 bits per heavy atom. The molecule has 5 nitrogen and oxygen atoms in total. The molecule has 0 aliphatic carbocycles. The molecule has 2 rings (SSSR count). The summed E-state index contributed by atoms with van der Waals surface area (Å²) in [7, 11) is 1.44. The predicted molar refractivity (Wildman–Crippen MR) is 70.9 cm³/mol. The minimum atomic E-state index is -0.355. The van der Waals surface area contributed by atoms with Crippen molar-refractivity contribution in [1.82, 2.24) is 9.97 Å². The van der Waals surface area contributed by atoms with Crippen LogP contribution in [0.3, 0.4) is 0 Å². The van der Waals surface area contributed by atoms with Gasteiger partial charge in [0.25, 0.3) is 5.91 Å². The van der Waals surface area contributed by atoms with Crippen molar-refractivity contribution >= 4 is 11.6 Å². The molecule has 0 saturated heterocycles. The molecule has 1 aromatic heterocycles. The van der Waals surface area contributed by atoms with Crippen LogP contribution in [0.25, 0.3) is 0 Å². The summed E-state index contributed by atoms with van der Waals surface area (Å²) in [5.41, 5.74) is 1.55. The Hall–Kier alpha value is -2.87. The van der Waals surface area contributed by atoms with Gasteiger partial charge in [0.05, 0.1) is 7.11 Å². The molecule has 0 saturated carbocycles. The number of carbonyl (C=O) groups excluding carboxylic acids is 1. The third-order valence-corrected chi connectivity index (χ3v) is 2.40. The Bertz CT molecular complexity index is 647. The molecule has 0 bridgehead atoms. The number of carbonyl (C=O) groups is 1. The van der Waals surface area contributed by atoms with Gasteiger partial charge in [0, 0.05) is 17.4 Å². The van der Waals surface area contributed by atoms with E-state index in [1.165, 1.54) is 19.6 Å². The molecule has 0 radical (unpaired) electrons. The van der Waals surface area contributed by atoms with Crippen molar-refractivity contribution in [2.75, 3.05) is 12.4 Å². The van der Waals surface area contributed by atoms with Crippen LogP contribution in [0.5, 0.6) is 5.88 Å². The normalized spacial score (nSPS) is 9.47. The Balaban J connectivity index is 2.23. The largest absolute Gasteiger partial charge is 0.480 e. The lowest BCUT2D eigenvalue weighted by Gasteiger charge is -2.07. The lowest BCUT2D eigenvalue weighted by molar-refractivity contribution is 0.102. The second-order valence-electron chi connectivity index (χ2n) is 3.62. The Labute approximate surface area is 110 Å². The van der Waals surface area contributed by atoms with Crippen LogP contribution in [-0.2, 0) is 0 Å². The van der Waals surface area contributed by atoms with E-state index in [1.807, 2.05) is 0 Å². The maximum absolute atomic E-state index is 12.1. The van der Waals surface area contributed by atoms with E-state index in [0.29, 0.717) is 11.3 Å². The van der Waals surface area contributed by atoms with Crippen molar-refractivity contribution < 1.29 is 9.53 Å². The average Bonchev–Trinajstić information content (AvgIpc) is 2.47. The number of hydrogen-bond acceptors (Lipinski definition) is 4. The fraction of sp³-hybridized carbons (Fsp3) is 0.0714. The van der Waals surface area contributed by atoms with Crippen LogP contribution in [-0.4, -0.2) is 23.0 Å². The first kappa shape index (κ1) is 12.6. The average molecular weight is 253 g/mol. The number of anilines is 1. The molecule has 0 unspecified atom stereocenters. The molecular formula is C14H11N3O2. The molecular weight excluding hydrogens is 242 g/mol. The zero-order valence-corrected chi connectivity index (χ0v) is 10.3. The highest BCUT2D eigenvalue weighted by Gasteiger charge is 2.13. The van der Waals surface area contributed by atoms with Gasteiger partial charge in [0.15, 0.2) is 0 Å². The number of nitrogens with zero attached hydrogens (tertiary/aromatic N) is 2. The molecule has 0 aliphatic heterocycles. The molecule has 19 heavy (non-hydrogen) atoms. The first-order chi connectivity index (χ1) is 9.24. The predicted octanol–water partition coefficient (Wildman–Crippen LogP) is 1.72. The number of ether oxygens (including phenoxy) is 1. The summed E-state index contributed by atoms with van der Waals surface area (Å²) in [6.07, 6.45) is 8.01. The van der Waals surface area contributed by atoms with Crippen LogP contribution in [0.15, 0.2) is 36.8 Å². The number of nitrogens with one attached hydrogen (secondary N) is 1. The molecule has 1 N–H and O–H groups in total. The minimum Gasteiger partial charge on any atom is -0.480 e. The van der Waals surface area contributed by atoms with Crippen molar-refractivity contribution in [3.8, 4) is 18.2 Å². The Kier molecular flexibility index (Phi) is 3.74. The second kappa shape index (κ2) is 5.65. The topological polar surface area (TPSA) is 64.1 Å². The van der Waals surface area contributed by atoms with E-state index in [1.54, 1.807) is 24.3 Å². The molecule has 5 heteroatoms. The number of amides is 1. The molecule has 0 atom stereocenters. The first-order valence-corrected chi connectivity index (χ1v) is 5.46. The van der Waals surface area contributed by atoms with Gasteiger partial charge in [-0.05, 0) is 18.2 Å². The van der Waals surface area contributed by atoms with Crippen LogP contribution in [0.1, 0.15) is 15.9 Å². The van der Waals surface area contributed by atoms with Gasteiger partial charge in [-0.25, -0.2) is 9.97 Å². The highest BCUT2D eigenvalue weighted by atomic mass is 16.5. The van der Waals surface area contributed by atoms with Crippen LogP contribution < -0.4 is 10.1 Å². The summed E-state index contributed by atoms with van der Waals surface area (Å²) in [6.45, 7) is 0. The van der Waals surface area contributed by atoms with Gasteiger partial charge in [-0.3, -0.25) is 4.79 Å². The summed E-state index contributed by atoms with van der Waals surface area (Å²) >= 11 is 0. The Morgan fingerprint density at radius 3 is 3.05 bits per heavy atom. The van der Waals surface area contributed by atoms with E-state index >= 15 is 0 Å². The third kappa shape index (κ3) is 2.87. The Morgan fingerprint density at radius 1 is 1.47 bits per heavy atom. The quantitative estimate of drug-likeness (QED) is 0.846. The van der Waals surface area contributed by atoms with Gasteiger partial charge in [0.1, 0.15) is 11.9 Å². The molecule has 1 heterocycles. The summed E-state index contributed by atoms with van der Waals surface area (Å²) < 4.78 is 5.00. The van der Waals surface area contributed by atoms with E-state index in [9.17, 15) is 4.79 Å². The first-order valence-electron chi connectivity index (χ1n) is 5.46. The number of terminal acetylenes is 1. The van der Waals surface area contributed by atoms with Gasteiger partial charge in [-0.1, -0.05) is 12.0 Å². The summed E-state index contributed by atoms with van der Waals surface area (Å²) in [5, 5.41) is 2.71. The van der Waals surface area contributed by atoms with Gasteiger partial charge >= 0.3 is 0 Å². The number of rotatable bonds is 3. The zero-order chi connectivity index (χ0) is 13.7. The highest BCUT2D eigenvalue weighted by Crippen LogP contribution is 2.16. The summed E-state index contributed by atoms with van der Waals surface area (Å²) in [4.78, 5) is 19.7. The maximum atomic E-state index is 12.1. The third-order valence-electron chi connectivity index (χ3n) is 2.40. The maximum Gasteiger partial charge on any atom is 0.262 e. The molecule has 1 aromatic carbocycles. The van der Waals surface area contributed by atoms with E-state index in [0.717, 1.165) is 0 Å². The van der Waals surface area contributed by atoms with Gasteiger partial charge < -0.3 is 10.1 Å². The van der Waals surface area contributed by atoms with E-state index in [2.05, 4.69) is 21.2 Å². The van der Waals surface area contributed by atoms with Crippen LogP contribution in [0.2, 0.25) is 0 Å². The van der Waals surface area contributed by atoms with Gasteiger partial charge in [-0.2, -0.15) is 0 Å². The highest BCUT2D eigenvalue weighted by molar-refractivity contribution is 6.05. The number of benzene rings is 1. The fourth-order valence-corrected chi connectivity index (χ4v) is 1.52. The second-order valence-corrected chi connectivity index (χ2v) is 3.62. The zero-order valence-electron chi connectivity index (χ0n) is 10.3. The minimum absolute atomic E-state index is 0.223. The van der Waals surface area contributed by atoms with Crippen molar-refractivity contribution in [1.29, 1.82) is 0 Å². The molecule has 1 amide bonds. The molecule has 0 aliphatic rings. The van der Waals surface area contributed by atoms with E-state index in [4.69, 9.17) is 11.2 Å². The fourth-order valence-electron chi connectivity index (χ4n) is 1.52. The van der Waals surface area contributed by atoms with Crippen LogP contribution in [0, 0.1) is 12.3 Å². The van der Waals surface area contributed by atoms with Crippen molar-refractivity contribution in [3.63, 3.8) is 0 Å². The van der Waals surface area contributed by atoms with Crippen molar-refractivity contribution in [2.24, 2.45) is 0 Å². The van der Waals surface area contributed by atoms with Crippen LogP contribution >= 0.6 is 0 Å². The molecule has 0 fully saturated rings. The number of hydrogen-bond donors (Lipinski definition) is 1. The van der Waals surface area contributed by atoms with Crippen molar-refractivity contribution in [2.45, 2.75) is 0 Å². The lowest BCUT2D eigenvalue weighted by atomic mass is 10.2. The number of aromatic nitrogens is 2. The molecule has 2 aromatic rings. The summed E-state index contributed by atoms with van der Waals surface area (Å²) in [5.74, 6) is 2.37. The van der Waals surface area contributed by atoms with Gasteiger partial charge in [-0.15, -0.1) is 6.42 Å². The number of methoxy groups -OCH3 is 1. The van der Waals surface area contributed by atoms with E-state index < -0.39 is 0 Å². The van der Waals surface area contributed by atoms with Crippen LogP contribution in [0.4, 0.5) is 5.69 Å². The van der Waals surface area contributed by atoms with Crippen molar-refractivity contribution in [3.05, 3.63) is 47.9 Å².